The van der Waals surface area contributed by atoms with Crippen molar-refractivity contribution in [3.8, 4) is 0 Å². The zero-order valence-electron chi connectivity index (χ0n) is 15.1. The Balaban J connectivity index is 1.70. The summed E-state index contributed by atoms with van der Waals surface area (Å²) >= 11 is 0. The van der Waals surface area contributed by atoms with Crippen molar-refractivity contribution in [2.75, 3.05) is 51.8 Å². The average molecular weight is 366 g/mol. The molecule has 3 N–H and O–H groups in total. The number of anilines is 1. The number of nitrogens with one attached hydrogen (secondary N) is 3. The van der Waals surface area contributed by atoms with Crippen molar-refractivity contribution >= 4 is 17.6 Å². The summed E-state index contributed by atoms with van der Waals surface area (Å²) in [5.74, 6) is -0.122. The topological polar surface area (TPSA) is 82.7 Å². The van der Waals surface area contributed by atoms with Crippen LogP contribution in [0.25, 0.3) is 0 Å². The highest BCUT2D eigenvalue weighted by molar-refractivity contribution is 5.89. The number of urea groups is 1. The summed E-state index contributed by atoms with van der Waals surface area (Å²) in [6.45, 7) is 3.36. The van der Waals surface area contributed by atoms with E-state index in [1.165, 1.54) is 18.2 Å². The summed E-state index contributed by atoms with van der Waals surface area (Å²) in [5, 5.41) is 8.45. The van der Waals surface area contributed by atoms with Gasteiger partial charge in [-0.05, 0) is 37.0 Å². The Bertz CT molecular complexity index is 600. The molecule has 1 heterocycles. The van der Waals surface area contributed by atoms with E-state index in [1.54, 1.807) is 13.2 Å². The standard InChI is InChI=1S/C18H27FN4O3/c1-26-9-7-20-12-17(24)23-8-3-4-14(13-23)11-21-18(25)22-16-6-2-5-15(19)10-16/h2,5-6,10,14,20H,3-4,7-9,11-13H2,1H3,(H2,21,22,25). The summed E-state index contributed by atoms with van der Waals surface area (Å²) in [5.41, 5.74) is 0.407. The molecule has 0 radical (unpaired) electrons. The third-order valence-electron chi connectivity index (χ3n) is 4.26. The molecule has 1 saturated heterocycles. The van der Waals surface area contributed by atoms with E-state index in [0.29, 0.717) is 38.5 Å². The van der Waals surface area contributed by atoms with Crippen molar-refractivity contribution < 1.29 is 18.7 Å². The van der Waals surface area contributed by atoms with Crippen molar-refractivity contribution in [2.45, 2.75) is 12.8 Å². The molecule has 0 spiro atoms. The molecule has 2 rings (SSSR count). The van der Waals surface area contributed by atoms with Crippen LogP contribution in [-0.2, 0) is 9.53 Å². The first-order chi connectivity index (χ1) is 12.6. The second-order valence-corrected chi connectivity index (χ2v) is 6.36. The largest absolute Gasteiger partial charge is 0.383 e. The molecule has 8 heteroatoms. The van der Waals surface area contributed by atoms with Crippen LogP contribution in [0.2, 0.25) is 0 Å². The number of ether oxygens (including phenoxy) is 1. The number of likely N-dealkylation sites (tertiary alicyclic amines) is 1. The van der Waals surface area contributed by atoms with Crippen LogP contribution in [-0.4, -0.2) is 63.3 Å². The molecule has 1 aromatic carbocycles. The lowest BCUT2D eigenvalue weighted by Crippen LogP contribution is -2.47. The van der Waals surface area contributed by atoms with Gasteiger partial charge < -0.3 is 25.6 Å². The Morgan fingerprint density at radius 3 is 3.00 bits per heavy atom. The second-order valence-electron chi connectivity index (χ2n) is 6.36. The van der Waals surface area contributed by atoms with E-state index in [9.17, 15) is 14.0 Å². The number of methoxy groups -OCH3 is 1. The number of halogens is 1. The van der Waals surface area contributed by atoms with Gasteiger partial charge >= 0.3 is 6.03 Å². The predicted octanol–water partition coefficient (Wildman–Crippen LogP) is 1.42. The molecule has 144 valence electrons. The highest BCUT2D eigenvalue weighted by Crippen LogP contribution is 2.16. The molecule has 0 aliphatic carbocycles. The van der Waals surface area contributed by atoms with E-state index in [-0.39, 0.29) is 17.9 Å². The molecular formula is C18H27FN4O3. The van der Waals surface area contributed by atoms with Crippen LogP contribution in [0.3, 0.4) is 0 Å². The molecule has 7 nitrogen and oxygen atoms in total. The fourth-order valence-corrected chi connectivity index (χ4v) is 2.92. The van der Waals surface area contributed by atoms with Crippen LogP contribution < -0.4 is 16.0 Å². The number of hydrogen-bond acceptors (Lipinski definition) is 4. The smallest absolute Gasteiger partial charge is 0.319 e. The van der Waals surface area contributed by atoms with Gasteiger partial charge in [0.2, 0.25) is 5.91 Å². The zero-order valence-corrected chi connectivity index (χ0v) is 15.1. The number of piperidine rings is 1. The molecule has 1 aliphatic rings. The lowest BCUT2D eigenvalue weighted by atomic mass is 9.98. The minimum absolute atomic E-state index is 0.0648. The van der Waals surface area contributed by atoms with Crippen molar-refractivity contribution in [3.63, 3.8) is 0 Å². The van der Waals surface area contributed by atoms with Crippen LogP contribution in [0.15, 0.2) is 24.3 Å². The van der Waals surface area contributed by atoms with Gasteiger partial charge in [-0.2, -0.15) is 0 Å². The maximum absolute atomic E-state index is 13.1. The monoisotopic (exact) mass is 366 g/mol. The number of rotatable bonds is 8. The van der Waals surface area contributed by atoms with Crippen molar-refractivity contribution in [3.05, 3.63) is 30.1 Å². The minimum Gasteiger partial charge on any atom is -0.383 e. The molecule has 1 aliphatic heterocycles. The van der Waals surface area contributed by atoms with E-state index in [4.69, 9.17) is 4.74 Å². The van der Waals surface area contributed by atoms with E-state index < -0.39 is 5.82 Å². The highest BCUT2D eigenvalue weighted by Gasteiger charge is 2.23. The van der Waals surface area contributed by atoms with Gasteiger partial charge in [0.05, 0.1) is 13.2 Å². The first-order valence-electron chi connectivity index (χ1n) is 8.86. The number of carbonyl (C=O) groups is 2. The SMILES string of the molecule is COCCNCC(=O)N1CCCC(CNC(=O)Nc2cccc(F)c2)C1. The Morgan fingerprint density at radius 1 is 1.38 bits per heavy atom. The number of nitrogens with zero attached hydrogens (tertiary/aromatic N) is 1. The van der Waals surface area contributed by atoms with E-state index >= 15 is 0 Å². The third kappa shape index (κ3) is 6.97. The van der Waals surface area contributed by atoms with Crippen molar-refractivity contribution in [1.29, 1.82) is 0 Å². The number of amides is 3. The minimum atomic E-state index is -0.400. The van der Waals surface area contributed by atoms with Gasteiger partial charge in [-0.25, -0.2) is 9.18 Å². The Hall–Kier alpha value is -2.19. The van der Waals surface area contributed by atoms with Crippen LogP contribution in [0, 0.1) is 11.7 Å². The van der Waals surface area contributed by atoms with Crippen LogP contribution in [0.5, 0.6) is 0 Å². The molecule has 0 saturated carbocycles. The van der Waals surface area contributed by atoms with E-state index in [2.05, 4.69) is 16.0 Å². The highest BCUT2D eigenvalue weighted by atomic mass is 19.1. The van der Waals surface area contributed by atoms with Crippen molar-refractivity contribution in [1.82, 2.24) is 15.5 Å². The number of benzene rings is 1. The quantitative estimate of drug-likeness (QED) is 0.608. The summed E-state index contributed by atoms with van der Waals surface area (Å²) in [6.07, 6.45) is 1.88. The van der Waals surface area contributed by atoms with Gasteiger partial charge in [-0.1, -0.05) is 6.07 Å². The first kappa shape index (κ1) is 20.1. The van der Waals surface area contributed by atoms with E-state index in [1.807, 2.05) is 4.90 Å². The first-order valence-corrected chi connectivity index (χ1v) is 8.86. The molecule has 0 aromatic heterocycles. The molecule has 1 atom stereocenters. The molecule has 1 unspecified atom stereocenters. The van der Waals surface area contributed by atoms with Gasteiger partial charge in [0.25, 0.3) is 0 Å². The average Bonchev–Trinajstić information content (AvgIpc) is 2.64. The van der Waals surface area contributed by atoms with Gasteiger partial charge in [-0.3, -0.25) is 4.79 Å². The molecular weight excluding hydrogens is 339 g/mol. The van der Waals surface area contributed by atoms with Crippen LogP contribution >= 0.6 is 0 Å². The lowest BCUT2D eigenvalue weighted by molar-refractivity contribution is -0.132. The third-order valence-corrected chi connectivity index (χ3v) is 4.26. The fraction of sp³-hybridized carbons (Fsp3) is 0.556. The second kappa shape index (κ2) is 10.7. The Morgan fingerprint density at radius 2 is 2.23 bits per heavy atom. The molecule has 26 heavy (non-hydrogen) atoms. The predicted molar refractivity (Wildman–Crippen MR) is 97.5 cm³/mol. The zero-order chi connectivity index (χ0) is 18.8. The molecule has 1 fully saturated rings. The molecule has 1 aromatic rings. The summed E-state index contributed by atoms with van der Waals surface area (Å²) in [6, 6.07) is 5.37. The van der Waals surface area contributed by atoms with Crippen LogP contribution in [0.1, 0.15) is 12.8 Å². The lowest BCUT2D eigenvalue weighted by Gasteiger charge is -2.33. The fourth-order valence-electron chi connectivity index (χ4n) is 2.92. The number of carbonyl (C=O) groups excluding carboxylic acids is 2. The maximum Gasteiger partial charge on any atom is 0.319 e. The van der Waals surface area contributed by atoms with Gasteiger partial charge in [0.15, 0.2) is 0 Å². The maximum atomic E-state index is 13.1. The van der Waals surface area contributed by atoms with Gasteiger partial charge in [0, 0.05) is 39.0 Å². The Labute approximate surface area is 153 Å². The van der Waals surface area contributed by atoms with Crippen LogP contribution in [0.4, 0.5) is 14.9 Å². The summed E-state index contributed by atoms with van der Waals surface area (Å²) in [4.78, 5) is 26.0. The van der Waals surface area contributed by atoms with E-state index in [0.717, 1.165) is 19.4 Å². The van der Waals surface area contributed by atoms with Gasteiger partial charge in [0.1, 0.15) is 5.82 Å². The molecule has 3 amide bonds. The van der Waals surface area contributed by atoms with Crippen molar-refractivity contribution in [2.24, 2.45) is 5.92 Å². The van der Waals surface area contributed by atoms with Gasteiger partial charge in [-0.15, -0.1) is 0 Å². The summed E-state index contributed by atoms with van der Waals surface area (Å²) in [7, 11) is 1.62. The Kier molecular flexibility index (Phi) is 8.30. The molecule has 0 bridgehead atoms. The summed E-state index contributed by atoms with van der Waals surface area (Å²) < 4.78 is 18.1. The normalized spacial score (nSPS) is 17.0. The number of hydrogen-bond donors (Lipinski definition) is 3.